The van der Waals surface area contributed by atoms with Gasteiger partial charge in [-0.1, -0.05) is 53.0 Å². The number of rotatable bonds is 9. The second-order valence-electron chi connectivity index (χ2n) is 8.10. The van der Waals surface area contributed by atoms with Crippen LogP contribution in [0.25, 0.3) is 0 Å². The minimum atomic E-state index is -4.11. The van der Waals surface area contributed by atoms with Crippen molar-refractivity contribution in [3.8, 4) is 5.75 Å². The molecule has 0 radical (unpaired) electrons. The van der Waals surface area contributed by atoms with Crippen molar-refractivity contribution >= 4 is 62.8 Å². The van der Waals surface area contributed by atoms with Gasteiger partial charge in [-0.25, -0.2) is 13.8 Å². The highest BCUT2D eigenvalue weighted by molar-refractivity contribution is 8.00. The van der Waals surface area contributed by atoms with E-state index in [1.54, 1.807) is 12.1 Å². The van der Waals surface area contributed by atoms with Crippen molar-refractivity contribution in [2.45, 2.75) is 17.9 Å². The molecule has 7 nitrogen and oxygen atoms in total. The van der Waals surface area contributed by atoms with Crippen LogP contribution < -0.4 is 14.5 Å². The standard InChI is InChI=1S/C25H23Cl2N3O4S2/c1-17-5-7-24(8-6-17)36(32,33)30(21-11-19(26)10-20(27)12-21)14-25(31)29-28-13-18-3-2-4-22(9-18)34-23-15-35-16-23/h2-13,23H,14-16H2,1H3,(H,29,31)/b28-13-. The predicted octanol–water partition coefficient (Wildman–Crippen LogP) is 5.14. The van der Waals surface area contributed by atoms with Crippen LogP contribution in [0.5, 0.6) is 5.75 Å². The number of hydrogen-bond acceptors (Lipinski definition) is 6. The molecule has 1 amide bonds. The van der Waals surface area contributed by atoms with Crippen LogP contribution in [0.2, 0.25) is 10.0 Å². The van der Waals surface area contributed by atoms with E-state index in [2.05, 4.69) is 10.5 Å². The summed E-state index contributed by atoms with van der Waals surface area (Å²) in [7, 11) is -4.11. The maximum Gasteiger partial charge on any atom is 0.264 e. The molecule has 36 heavy (non-hydrogen) atoms. The molecule has 11 heteroatoms. The second kappa shape index (κ2) is 11.6. The van der Waals surface area contributed by atoms with Gasteiger partial charge in [0.1, 0.15) is 18.4 Å². The van der Waals surface area contributed by atoms with Crippen LogP contribution >= 0.6 is 35.0 Å². The number of amides is 1. The van der Waals surface area contributed by atoms with Gasteiger partial charge in [0.2, 0.25) is 0 Å². The number of carbonyl (C=O) groups is 1. The number of anilines is 1. The van der Waals surface area contributed by atoms with Gasteiger partial charge >= 0.3 is 0 Å². The van der Waals surface area contributed by atoms with E-state index in [0.717, 1.165) is 32.7 Å². The summed E-state index contributed by atoms with van der Waals surface area (Å²) < 4.78 is 33.7. The molecule has 0 atom stereocenters. The van der Waals surface area contributed by atoms with E-state index >= 15 is 0 Å². The van der Waals surface area contributed by atoms with Gasteiger partial charge in [0.05, 0.1) is 16.8 Å². The van der Waals surface area contributed by atoms with Gasteiger partial charge in [0.15, 0.2) is 0 Å². The lowest BCUT2D eigenvalue weighted by atomic mass is 10.2. The number of halogens is 2. The van der Waals surface area contributed by atoms with E-state index in [9.17, 15) is 13.2 Å². The lowest BCUT2D eigenvalue weighted by molar-refractivity contribution is -0.119. The molecule has 0 spiro atoms. The van der Waals surface area contributed by atoms with Gasteiger partial charge in [-0.3, -0.25) is 9.10 Å². The largest absolute Gasteiger partial charge is 0.489 e. The molecule has 3 aromatic rings. The van der Waals surface area contributed by atoms with Crippen molar-refractivity contribution in [1.82, 2.24) is 5.43 Å². The number of benzene rings is 3. The van der Waals surface area contributed by atoms with Crippen LogP contribution in [-0.2, 0) is 14.8 Å². The van der Waals surface area contributed by atoms with Crippen LogP contribution in [0.15, 0.2) is 76.7 Å². The summed E-state index contributed by atoms with van der Waals surface area (Å²) in [5.41, 5.74) is 4.18. The Morgan fingerprint density at radius 3 is 2.44 bits per heavy atom. The molecule has 0 saturated carbocycles. The van der Waals surface area contributed by atoms with Crippen molar-refractivity contribution in [3.05, 3.63) is 87.9 Å². The number of ether oxygens (including phenoxy) is 1. The summed E-state index contributed by atoms with van der Waals surface area (Å²) in [4.78, 5) is 12.8. The van der Waals surface area contributed by atoms with E-state index in [4.69, 9.17) is 27.9 Å². The first-order chi connectivity index (χ1) is 17.2. The lowest BCUT2D eigenvalue weighted by Gasteiger charge is -2.25. The van der Waals surface area contributed by atoms with E-state index in [0.29, 0.717) is 0 Å². The normalized spacial score (nSPS) is 13.9. The minimum Gasteiger partial charge on any atom is -0.489 e. The SMILES string of the molecule is Cc1ccc(S(=O)(=O)N(CC(=O)N/N=C\c2cccc(OC3CSC3)c2)c2cc(Cl)cc(Cl)c2)cc1. The molecule has 4 rings (SSSR count). The Morgan fingerprint density at radius 1 is 1.11 bits per heavy atom. The first-order valence-electron chi connectivity index (χ1n) is 10.9. The summed E-state index contributed by atoms with van der Waals surface area (Å²) in [6.07, 6.45) is 1.68. The van der Waals surface area contributed by atoms with Crippen molar-refractivity contribution < 1.29 is 17.9 Å². The van der Waals surface area contributed by atoms with Crippen LogP contribution in [-0.4, -0.2) is 44.7 Å². The van der Waals surface area contributed by atoms with Crippen LogP contribution in [0, 0.1) is 6.92 Å². The van der Waals surface area contributed by atoms with Crippen molar-refractivity contribution in [2.75, 3.05) is 22.4 Å². The van der Waals surface area contributed by atoms with Gasteiger partial charge in [0, 0.05) is 21.6 Å². The minimum absolute atomic E-state index is 0.0298. The van der Waals surface area contributed by atoms with E-state index in [-0.39, 0.29) is 26.7 Å². The molecule has 1 aliphatic rings. The number of carbonyl (C=O) groups excluding carboxylic acids is 1. The molecule has 1 heterocycles. The predicted molar refractivity (Wildman–Crippen MR) is 146 cm³/mol. The lowest BCUT2D eigenvalue weighted by Crippen LogP contribution is -2.39. The highest BCUT2D eigenvalue weighted by atomic mass is 35.5. The van der Waals surface area contributed by atoms with E-state index in [1.165, 1.54) is 36.5 Å². The average Bonchev–Trinajstić information content (AvgIpc) is 2.80. The Morgan fingerprint density at radius 2 is 1.81 bits per heavy atom. The highest BCUT2D eigenvalue weighted by Crippen LogP contribution is 2.30. The molecular weight excluding hydrogens is 541 g/mol. The fourth-order valence-electron chi connectivity index (χ4n) is 3.32. The molecule has 1 aliphatic heterocycles. The summed E-state index contributed by atoms with van der Waals surface area (Å²) in [5, 5.41) is 4.46. The highest BCUT2D eigenvalue weighted by Gasteiger charge is 2.28. The Hall–Kier alpha value is -2.72. The third kappa shape index (κ3) is 6.73. The first kappa shape index (κ1) is 26.3. The molecule has 0 unspecified atom stereocenters. The Balaban J connectivity index is 1.51. The number of hydrazone groups is 1. The van der Waals surface area contributed by atoms with Gasteiger partial charge in [-0.15, -0.1) is 0 Å². The average molecular weight is 565 g/mol. The number of nitrogens with zero attached hydrogens (tertiary/aromatic N) is 2. The van der Waals surface area contributed by atoms with Crippen LogP contribution in [0.4, 0.5) is 5.69 Å². The Kier molecular flexibility index (Phi) is 8.46. The zero-order valence-corrected chi connectivity index (χ0v) is 22.4. The second-order valence-corrected chi connectivity index (χ2v) is 11.9. The molecule has 1 saturated heterocycles. The molecule has 1 fully saturated rings. The molecule has 0 aromatic heterocycles. The number of thioether (sulfide) groups is 1. The summed E-state index contributed by atoms with van der Waals surface area (Å²) in [5.74, 6) is 2.02. The zero-order chi connectivity index (χ0) is 25.7. The van der Waals surface area contributed by atoms with E-state index < -0.39 is 22.5 Å². The Bertz CT molecular complexity index is 1360. The number of hydrogen-bond donors (Lipinski definition) is 1. The Labute approximate surface area is 224 Å². The van der Waals surface area contributed by atoms with Gasteiger partial charge in [-0.2, -0.15) is 16.9 Å². The maximum absolute atomic E-state index is 13.5. The molecule has 0 aliphatic carbocycles. The quantitative estimate of drug-likeness (QED) is 0.287. The van der Waals surface area contributed by atoms with Gasteiger partial charge < -0.3 is 4.74 Å². The van der Waals surface area contributed by atoms with Crippen molar-refractivity contribution in [2.24, 2.45) is 5.10 Å². The molecule has 0 bridgehead atoms. The summed E-state index contributed by atoms with van der Waals surface area (Å²) >= 11 is 14.1. The van der Waals surface area contributed by atoms with Gasteiger partial charge in [0.25, 0.3) is 15.9 Å². The fourth-order valence-corrected chi connectivity index (χ4v) is 5.81. The smallest absolute Gasteiger partial charge is 0.264 e. The third-order valence-corrected chi connectivity index (χ3v) is 8.64. The van der Waals surface area contributed by atoms with Crippen molar-refractivity contribution in [1.29, 1.82) is 0 Å². The van der Waals surface area contributed by atoms with Crippen LogP contribution in [0.1, 0.15) is 11.1 Å². The monoisotopic (exact) mass is 563 g/mol. The molecule has 188 valence electrons. The molecular formula is C25H23Cl2N3O4S2. The number of sulfonamides is 1. The van der Waals surface area contributed by atoms with Crippen LogP contribution in [0.3, 0.4) is 0 Å². The molecule has 3 aromatic carbocycles. The zero-order valence-electron chi connectivity index (χ0n) is 19.2. The topological polar surface area (TPSA) is 88.1 Å². The third-order valence-electron chi connectivity index (χ3n) is 5.20. The summed E-state index contributed by atoms with van der Waals surface area (Å²) in [6.45, 7) is 1.32. The van der Waals surface area contributed by atoms with E-state index in [1.807, 2.05) is 43.0 Å². The summed E-state index contributed by atoms with van der Waals surface area (Å²) in [6, 6.07) is 18.0. The molecule has 1 N–H and O–H groups in total. The van der Waals surface area contributed by atoms with Crippen molar-refractivity contribution in [3.63, 3.8) is 0 Å². The fraction of sp³-hybridized carbons (Fsp3) is 0.200. The number of nitrogens with one attached hydrogen (secondary N) is 1. The van der Waals surface area contributed by atoms with Gasteiger partial charge in [-0.05, 0) is 55.0 Å². The maximum atomic E-state index is 13.5. The first-order valence-corrected chi connectivity index (χ1v) is 14.3. The number of aryl methyl sites for hydroxylation is 1.